The molecule has 27 heavy (non-hydrogen) atoms. The number of rotatable bonds is 3. The molecule has 5 rings (SSSR count). The second-order valence-electron chi connectivity index (χ2n) is 7.38. The van der Waals surface area contributed by atoms with Gasteiger partial charge in [-0.3, -0.25) is 9.89 Å². The van der Waals surface area contributed by atoms with Gasteiger partial charge in [0.25, 0.3) is 5.91 Å². The molecule has 3 aromatic rings. The summed E-state index contributed by atoms with van der Waals surface area (Å²) >= 11 is 0. The van der Waals surface area contributed by atoms with Gasteiger partial charge in [0.2, 0.25) is 0 Å². The Balaban J connectivity index is 1.37. The molecule has 0 radical (unpaired) electrons. The molecule has 1 aliphatic carbocycles. The van der Waals surface area contributed by atoms with Crippen LogP contribution in [0.1, 0.15) is 51.8 Å². The average Bonchev–Trinajstić information content (AvgIpc) is 3.41. The molecule has 7 heteroatoms. The van der Waals surface area contributed by atoms with Crippen LogP contribution in [-0.2, 0) is 12.8 Å². The van der Waals surface area contributed by atoms with E-state index in [2.05, 4.69) is 20.3 Å². The Bertz CT molecular complexity index is 985. The summed E-state index contributed by atoms with van der Waals surface area (Å²) < 4.78 is 1.72. The van der Waals surface area contributed by atoms with E-state index in [1.807, 2.05) is 30.0 Å². The molecule has 0 atom stereocenters. The van der Waals surface area contributed by atoms with Gasteiger partial charge in [-0.15, -0.1) is 0 Å². The van der Waals surface area contributed by atoms with Gasteiger partial charge < -0.3 is 4.90 Å². The van der Waals surface area contributed by atoms with Crippen molar-refractivity contribution in [2.75, 3.05) is 13.1 Å². The molecule has 7 nitrogen and oxygen atoms in total. The van der Waals surface area contributed by atoms with E-state index in [1.54, 1.807) is 17.1 Å². The fourth-order valence-electron chi connectivity index (χ4n) is 3.91. The van der Waals surface area contributed by atoms with E-state index in [9.17, 15) is 4.79 Å². The summed E-state index contributed by atoms with van der Waals surface area (Å²) in [5.74, 6) is 1.40. The van der Waals surface area contributed by atoms with E-state index in [0.29, 0.717) is 18.0 Å². The summed E-state index contributed by atoms with van der Waals surface area (Å²) in [6.07, 6.45) is 7.57. The number of amides is 1. The number of fused-ring (bicyclic) bond motifs is 1. The van der Waals surface area contributed by atoms with Gasteiger partial charge >= 0.3 is 0 Å². The quantitative estimate of drug-likeness (QED) is 0.776. The van der Waals surface area contributed by atoms with Crippen LogP contribution >= 0.6 is 0 Å². The molecule has 0 aromatic carbocycles. The number of nitrogens with one attached hydrogen (secondary N) is 1. The predicted molar refractivity (Wildman–Crippen MR) is 100.0 cm³/mol. The summed E-state index contributed by atoms with van der Waals surface area (Å²) in [7, 11) is 0. The number of carbonyl (C=O) groups is 1. The molecule has 2 aliphatic rings. The van der Waals surface area contributed by atoms with E-state index in [1.165, 1.54) is 29.8 Å². The zero-order chi connectivity index (χ0) is 18.4. The number of aromatic amines is 1. The van der Waals surface area contributed by atoms with Gasteiger partial charge in [0.05, 0.1) is 23.1 Å². The van der Waals surface area contributed by atoms with E-state index in [4.69, 9.17) is 0 Å². The smallest absolute Gasteiger partial charge is 0.257 e. The summed E-state index contributed by atoms with van der Waals surface area (Å²) in [6, 6.07) is 5.67. The van der Waals surface area contributed by atoms with Crippen LogP contribution < -0.4 is 0 Å². The molecular formula is C20H22N6O. The second-order valence-corrected chi connectivity index (χ2v) is 7.38. The number of hydrogen-bond donors (Lipinski definition) is 1. The molecule has 0 bridgehead atoms. The maximum absolute atomic E-state index is 13.1. The predicted octanol–water partition coefficient (Wildman–Crippen LogP) is 2.42. The summed E-state index contributed by atoms with van der Waals surface area (Å²) in [4.78, 5) is 19.4. The Morgan fingerprint density at radius 2 is 2.07 bits per heavy atom. The van der Waals surface area contributed by atoms with Gasteiger partial charge in [0, 0.05) is 37.3 Å². The minimum atomic E-state index is 0.0424. The van der Waals surface area contributed by atoms with Crippen molar-refractivity contribution in [3.63, 3.8) is 0 Å². The zero-order valence-electron chi connectivity index (χ0n) is 15.4. The van der Waals surface area contributed by atoms with Crippen molar-refractivity contribution in [3.8, 4) is 5.82 Å². The molecule has 4 heterocycles. The third-order valence-corrected chi connectivity index (χ3v) is 5.61. The second kappa shape index (κ2) is 6.33. The van der Waals surface area contributed by atoms with Crippen molar-refractivity contribution in [2.45, 2.75) is 38.5 Å². The van der Waals surface area contributed by atoms with E-state index in [-0.39, 0.29) is 5.91 Å². The van der Waals surface area contributed by atoms with Crippen LogP contribution in [0.5, 0.6) is 0 Å². The van der Waals surface area contributed by atoms with Gasteiger partial charge in [-0.25, -0.2) is 9.67 Å². The molecule has 0 spiro atoms. The van der Waals surface area contributed by atoms with Gasteiger partial charge in [-0.05, 0) is 43.9 Å². The summed E-state index contributed by atoms with van der Waals surface area (Å²) in [5, 5.41) is 12.1. The van der Waals surface area contributed by atoms with Crippen LogP contribution in [0.4, 0.5) is 0 Å². The van der Waals surface area contributed by atoms with Gasteiger partial charge in [-0.2, -0.15) is 10.2 Å². The molecule has 138 valence electrons. The first-order valence-electron chi connectivity index (χ1n) is 9.53. The normalized spacial score (nSPS) is 16.9. The SMILES string of the molecule is Cc1c(C(=O)N2CCc3[nH]nc(C4CC4)c3CC2)cnn1-c1ccccn1. The summed E-state index contributed by atoms with van der Waals surface area (Å²) in [6.45, 7) is 3.34. The van der Waals surface area contributed by atoms with Crippen LogP contribution in [0.2, 0.25) is 0 Å². The standard InChI is InChI=1S/C20H22N6O/c1-13-16(12-22-26(13)18-4-2-3-9-21-18)20(27)25-10-7-15-17(8-11-25)23-24-19(15)14-5-6-14/h2-4,9,12,14H,5-8,10-11H2,1H3,(H,23,24). The van der Waals surface area contributed by atoms with Gasteiger partial charge in [0.1, 0.15) is 0 Å². The Morgan fingerprint density at radius 3 is 2.85 bits per heavy atom. The van der Waals surface area contributed by atoms with Crippen LogP contribution in [0.15, 0.2) is 30.6 Å². The van der Waals surface area contributed by atoms with E-state index < -0.39 is 0 Å². The Kier molecular flexibility index (Phi) is 3.81. The van der Waals surface area contributed by atoms with E-state index >= 15 is 0 Å². The highest BCUT2D eigenvalue weighted by Gasteiger charge is 2.32. The molecule has 0 saturated heterocycles. The van der Waals surface area contributed by atoms with Crippen LogP contribution in [-0.4, -0.2) is 48.9 Å². The average molecular weight is 362 g/mol. The minimum absolute atomic E-state index is 0.0424. The van der Waals surface area contributed by atoms with Crippen LogP contribution in [0, 0.1) is 6.92 Å². The van der Waals surface area contributed by atoms with Gasteiger partial charge in [-0.1, -0.05) is 6.07 Å². The molecule has 1 amide bonds. The maximum Gasteiger partial charge on any atom is 0.257 e. The lowest BCUT2D eigenvalue weighted by Gasteiger charge is -2.20. The highest BCUT2D eigenvalue weighted by Crippen LogP contribution is 2.41. The first kappa shape index (κ1) is 16.2. The number of nitrogens with zero attached hydrogens (tertiary/aromatic N) is 5. The van der Waals surface area contributed by atoms with Gasteiger partial charge in [0.15, 0.2) is 5.82 Å². The van der Waals surface area contributed by atoms with Crippen LogP contribution in [0.25, 0.3) is 5.82 Å². The third-order valence-electron chi connectivity index (χ3n) is 5.61. The number of aromatic nitrogens is 5. The van der Waals surface area contributed by atoms with Crippen molar-refractivity contribution in [1.29, 1.82) is 0 Å². The maximum atomic E-state index is 13.1. The van der Waals surface area contributed by atoms with Crippen molar-refractivity contribution in [2.24, 2.45) is 0 Å². The molecule has 3 aromatic heterocycles. The zero-order valence-corrected chi connectivity index (χ0v) is 15.4. The molecule has 1 N–H and O–H groups in total. The highest BCUT2D eigenvalue weighted by atomic mass is 16.2. The molecule has 1 aliphatic heterocycles. The number of pyridine rings is 1. The molecule has 1 saturated carbocycles. The lowest BCUT2D eigenvalue weighted by molar-refractivity contribution is 0.0762. The van der Waals surface area contributed by atoms with Crippen molar-refractivity contribution in [3.05, 3.63) is 58.8 Å². The fraction of sp³-hybridized carbons (Fsp3) is 0.400. The number of H-pyrrole nitrogens is 1. The van der Waals surface area contributed by atoms with Crippen LogP contribution in [0.3, 0.4) is 0 Å². The Hall–Kier alpha value is -2.96. The molecule has 1 fully saturated rings. The lowest BCUT2D eigenvalue weighted by atomic mass is 10.1. The lowest BCUT2D eigenvalue weighted by Crippen LogP contribution is -2.33. The van der Waals surface area contributed by atoms with E-state index in [0.717, 1.165) is 30.9 Å². The first-order chi connectivity index (χ1) is 13.2. The fourth-order valence-corrected chi connectivity index (χ4v) is 3.91. The van der Waals surface area contributed by atoms with Crippen molar-refractivity contribution >= 4 is 5.91 Å². The topological polar surface area (TPSA) is 79.7 Å². The largest absolute Gasteiger partial charge is 0.338 e. The molecule has 0 unspecified atom stereocenters. The Labute approximate surface area is 157 Å². The Morgan fingerprint density at radius 1 is 1.22 bits per heavy atom. The highest BCUT2D eigenvalue weighted by molar-refractivity contribution is 5.95. The number of carbonyl (C=O) groups excluding carboxylic acids is 1. The van der Waals surface area contributed by atoms with Crippen molar-refractivity contribution < 1.29 is 4.79 Å². The van der Waals surface area contributed by atoms with Crippen molar-refractivity contribution in [1.82, 2.24) is 29.9 Å². The third kappa shape index (κ3) is 2.83. The number of hydrogen-bond acceptors (Lipinski definition) is 4. The first-order valence-corrected chi connectivity index (χ1v) is 9.53. The molecular weight excluding hydrogens is 340 g/mol. The minimum Gasteiger partial charge on any atom is -0.338 e. The summed E-state index contributed by atoms with van der Waals surface area (Å²) in [5.41, 5.74) is 5.24. The monoisotopic (exact) mass is 362 g/mol.